The van der Waals surface area contributed by atoms with Crippen LogP contribution in [0.2, 0.25) is 0 Å². The summed E-state index contributed by atoms with van der Waals surface area (Å²) >= 11 is 0. The summed E-state index contributed by atoms with van der Waals surface area (Å²) in [6, 6.07) is -1.24. The number of piperazine rings is 1. The molecule has 0 spiro atoms. The first-order valence-corrected chi connectivity index (χ1v) is 8.18. The second-order valence-corrected chi connectivity index (χ2v) is 6.28. The van der Waals surface area contributed by atoms with Crippen molar-refractivity contribution in [3.63, 3.8) is 0 Å². The van der Waals surface area contributed by atoms with E-state index in [1.54, 1.807) is 0 Å². The third-order valence-corrected chi connectivity index (χ3v) is 4.40. The third kappa shape index (κ3) is 5.92. The van der Waals surface area contributed by atoms with E-state index in [-0.39, 0.29) is 0 Å². The van der Waals surface area contributed by atoms with Crippen LogP contribution < -0.4 is 0 Å². The summed E-state index contributed by atoms with van der Waals surface area (Å²) in [6.45, 7) is -5.49. The zero-order valence-corrected chi connectivity index (χ0v) is 14.6. The number of hydrogen-bond donors (Lipinski definition) is 1. The molecular weight excluding hydrogens is 420 g/mol. The summed E-state index contributed by atoms with van der Waals surface area (Å²) < 4.78 is 108. The highest BCUT2D eigenvalue weighted by atomic mass is 19.4. The number of amides is 1. The highest BCUT2D eigenvalue weighted by Crippen LogP contribution is 2.40. The predicted octanol–water partition coefficient (Wildman–Crippen LogP) is 4.21. The lowest BCUT2D eigenvalue weighted by Gasteiger charge is -2.43. The molecule has 1 fully saturated rings. The van der Waals surface area contributed by atoms with Crippen LogP contribution in [0.25, 0.3) is 0 Å². The van der Waals surface area contributed by atoms with E-state index in [0.717, 1.165) is 4.90 Å². The average molecular weight is 436 g/mol. The van der Waals surface area contributed by atoms with Crippen LogP contribution in [0.1, 0.15) is 17.2 Å². The zero-order valence-electron chi connectivity index (χ0n) is 14.6. The molecular formula is C16H16F8N2O3. The molecule has 1 aliphatic heterocycles. The van der Waals surface area contributed by atoms with Gasteiger partial charge in [0.2, 0.25) is 0 Å². The van der Waals surface area contributed by atoms with Crippen LogP contribution in [-0.4, -0.2) is 66.1 Å². The van der Waals surface area contributed by atoms with Gasteiger partial charge in [-0.15, -0.1) is 0 Å². The Bertz CT molecular complexity index is 693. The molecule has 1 aromatic carbocycles. The molecule has 1 saturated heterocycles. The maximum Gasteiger partial charge on any atom is 0.416 e. The van der Waals surface area contributed by atoms with Gasteiger partial charge < -0.3 is 14.7 Å². The van der Waals surface area contributed by atoms with E-state index >= 15 is 0 Å². The first-order valence-electron chi connectivity index (χ1n) is 8.18. The molecule has 2 rings (SSSR count). The highest BCUT2D eigenvalue weighted by Gasteiger charge is 2.47. The monoisotopic (exact) mass is 436 g/mol. The minimum Gasteiger partial charge on any atom is -0.465 e. The standard InChI is InChI=1S/C16H16F8N2O3/c17-13(18)29-8-11-7-25(5-6-26(11)14(27)28)12(16(22,23)24)9-1-3-10(4-2-9)15(19,20)21/h1-4,11-13H,5-8H2,(H,27,28)/t11-,12?/m0/s1. The Morgan fingerprint density at radius 3 is 2.14 bits per heavy atom. The van der Waals surface area contributed by atoms with E-state index in [0.29, 0.717) is 29.2 Å². The number of benzene rings is 1. The van der Waals surface area contributed by atoms with Crippen LogP contribution in [0.3, 0.4) is 0 Å². The van der Waals surface area contributed by atoms with Gasteiger partial charge in [0.05, 0.1) is 18.2 Å². The molecule has 1 heterocycles. The van der Waals surface area contributed by atoms with Crippen LogP contribution in [0, 0.1) is 0 Å². The van der Waals surface area contributed by atoms with Gasteiger partial charge >= 0.3 is 25.1 Å². The maximum absolute atomic E-state index is 13.7. The van der Waals surface area contributed by atoms with Gasteiger partial charge in [0.1, 0.15) is 6.04 Å². The van der Waals surface area contributed by atoms with Crippen LogP contribution in [0.15, 0.2) is 24.3 Å². The minimum atomic E-state index is -4.90. The number of alkyl halides is 8. The molecule has 0 saturated carbocycles. The van der Waals surface area contributed by atoms with Gasteiger partial charge in [0, 0.05) is 19.6 Å². The second kappa shape index (κ2) is 8.69. The summed E-state index contributed by atoms with van der Waals surface area (Å²) in [5.74, 6) is 0. The maximum atomic E-state index is 13.7. The Labute approximate surface area is 159 Å². The zero-order chi connectivity index (χ0) is 22.0. The molecule has 0 aliphatic carbocycles. The molecule has 5 nitrogen and oxygen atoms in total. The lowest BCUT2D eigenvalue weighted by Crippen LogP contribution is -2.58. The number of rotatable bonds is 5. The molecule has 29 heavy (non-hydrogen) atoms. The smallest absolute Gasteiger partial charge is 0.416 e. The number of halogens is 8. The molecule has 1 amide bonds. The molecule has 0 radical (unpaired) electrons. The first kappa shape index (κ1) is 23.1. The van der Waals surface area contributed by atoms with Crippen molar-refractivity contribution < 1.29 is 49.8 Å². The molecule has 0 aromatic heterocycles. The van der Waals surface area contributed by atoms with Crippen molar-refractivity contribution in [2.24, 2.45) is 0 Å². The summed E-state index contributed by atoms with van der Waals surface area (Å²) in [7, 11) is 0. The van der Waals surface area contributed by atoms with E-state index in [1.165, 1.54) is 0 Å². The van der Waals surface area contributed by atoms with Crippen LogP contribution in [-0.2, 0) is 10.9 Å². The largest absolute Gasteiger partial charge is 0.465 e. The van der Waals surface area contributed by atoms with E-state index in [1.807, 2.05) is 0 Å². The fourth-order valence-electron chi connectivity index (χ4n) is 3.15. The molecule has 2 atom stereocenters. The SMILES string of the molecule is O=C(O)N1CCN(C(c2ccc(C(F)(F)F)cc2)C(F)(F)F)C[C@H]1COC(F)F. The average Bonchev–Trinajstić information content (AvgIpc) is 2.58. The molecule has 1 unspecified atom stereocenters. The van der Waals surface area contributed by atoms with Gasteiger partial charge in [-0.05, 0) is 17.7 Å². The van der Waals surface area contributed by atoms with E-state index < -0.39 is 74.5 Å². The molecule has 1 aromatic rings. The normalized spacial score (nSPS) is 20.2. The summed E-state index contributed by atoms with van der Waals surface area (Å²) in [6.07, 6.45) is -11.1. The van der Waals surface area contributed by atoms with Crippen molar-refractivity contribution in [2.45, 2.75) is 31.0 Å². The number of carboxylic acid groups (broad SMARTS) is 1. The van der Waals surface area contributed by atoms with E-state index in [9.17, 15) is 39.9 Å². The molecule has 164 valence electrons. The van der Waals surface area contributed by atoms with Crippen molar-refractivity contribution in [3.8, 4) is 0 Å². The van der Waals surface area contributed by atoms with Crippen molar-refractivity contribution in [2.75, 3.05) is 26.2 Å². The summed E-state index contributed by atoms with van der Waals surface area (Å²) in [5.41, 5.74) is -1.61. The Kier molecular flexibility index (Phi) is 6.93. The lowest BCUT2D eigenvalue weighted by molar-refractivity contribution is -0.197. The van der Waals surface area contributed by atoms with E-state index in [4.69, 9.17) is 5.11 Å². The molecule has 1 N–H and O–H groups in total. The van der Waals surface area contributed by atoms with Gasteiger partial charge in [-0.1, -0.05) is 12.1 Å². The topological polar surface area (TPSA) is 53.0 Å². The van der Waals surface area contributed by atoms with Gasteiger partial charge in [-0.25, -0.2) is 4.79 Å². The molecule has 13 heteroatoms. The van der Waals surface area contributed by atoms with Crippen LogP contribution in [0.4, 0.5) is 39.9 Å². The predicted molar refractivity (Wildman–Crippen MR) is 82.3 cm³/mol. The first-order chi connectivity index (χ1) is 13.3. The number of hydrogen-bond acceptors (Lipinski definition) is 3. The van der Waals surface area contributed by atoms with Gasteiger partial charge in [0.15, 0.2) is 0 Å². The fraction of sp³-hybridized carbons (Fsp3) is 0.562. The van der Waals surface area contributed by atoms with Crippen molar-refractivity contribution in [3.05, 3.63) is 35.4 Å². The molecule has 0 bridgehead atoms. The Balaban J connectivity index is 2.29. The summed E-state index contributed by atoms with van der Waals surface area (Å²) in [5, 5.41) is 9.12. The number of ether oxygens (including phenoxy) is 1. The van der Waals surface area contributed by atoms with Gasteiger partial charge in [0.25, 0.3) is 0 Å². The van der Waals surface area contributed by atoms with Crippen LogP contribution in [0.5, 0.6) is 0 Å². The molecule has 1 aliphatic rings. The highest BCUT2D eigenvalue weighted by molar-refractivity contribution is 5.65. The number of carbonyl (C=O) groups is 1. The van der Waals surface area contributed by atoms with Gasteiger partial charge in [-0.3, -0.25) is 4.90 Å². The second-order valence-electron chi connectivity index (χ2n) is 6.28. The van der Waals surface area contributed by atoms with Gasteiger partial charge in [-0.2, -0.15) is 35.1 Å². The number of nitrogens with zero attached hydrogens (tertiary/aromatic N) is 2. The quantitative estimate of drug-likeness (QED) is 0.703. The summed E-state index contributed by atoms with van der Waals surface area (Å²) in [4.78, 5) is 12.7. The minimum absolute atomic E-state index is 0.400. The Morgan fingerprint density at radius 2 is 1.69 bits per heavy atom. The van der Waals surface area contributed by atoms with Crippen LogP contribution >= 0.6 is 0 Å². The van der Waals surface area contributed by atoms with Crippen molar-refractivity contribution in [1.82, 2.24) is 9.80 Å². The van der Waals surface area contributed by atoms with E-state index in [2.05, 4.69) is 4.74 Å². The van der Waals surface area contributed by atoms with Crippen molar-refractivity contribution in [1.29, 1.82) is 0 Å². The Morgan fingerprint density at radius 1 is 1.10 bits per heavy atom. The Hall–Kier alpha value is -2.15. The van der Waals surface area contributed by atoms with Crippen molar-refractivity contribution >= 4 is 6.09 Å². The third-order valence-electron chi connectivity index (χ3n) is 4.40. The lowest BCUT2D eigenvalue weighted by atomic mass is 10.0. The fourth-order valence-corrected chi connectivity index (χ4v) is 3.15.